The Bertz CT molecular complexity index is 325. The maximum Gasteiger partial charge on any atom is 0.133 e. The molecule has 0 aliphatic heterocycles. The summed E-state index contributed by atoms with van der Waals surface area (Å²) in [6.45, 7) is 10.9. The standard InChI is InChI=1S/C15H27NO2/c1-5-6-7-9-17-12-14-13(8-10-18-14)11-16-15(2,3)4/h8,10,16H,5-7,9,11-12H2,1-4H3. The highest BCUT2D eigenvalue weighted by Gasteiger charge is 2.12. The largest absolute Gasteiger partial charge is 0.467 e. The van der Waals surface area contributed by atoms with Crippen LogP contribution in [0.5, 0.6) is 0 Å². The fraction of sp³-hybridized carbons (Fsp3) is 0.733. The number of hydrogen-bond donors (Lipinski definition) is 1. The van der Waals surface area contributed by atoms with Crippen LogP contribution in [0.25, 0.3) is 0 Å². The van der Waals surface area contributed by atoms with Crippen molar-refractivity contribution in [2.45, 2.75) is 65.6 Å². The van der Waals surface area contributed by atoms with Crippen LogP contribution in [-0.4, -0.2) is 12.1 Å². The lowest BCUT2D eigenvalue weighted by molar-refractivity contribution is 0.102. The van der Waals surface area contributed by atoms with Gasteiger partial charge in [-0.2, -0.15) is 0 Å². The van der Waals surface area contributed by atoms with E-state index in [1.54, 1.807) is 6.26 Å². The van der Waals surface area contributed by atoms with Crippen molar-refractivity contribution in [2.75, 3.05) is 6.61 Å². The fourth-order valence-corrected chi connectivity index (χ4v) is 1.63. The highest BCUT2D eigenvalue weighted by molar-refractivity contribution is 5.16. The van der Waals surface area contributed by atoms with Gasteiger partial charge in [-0.25, -0.2) is 0 Å². The van der Waals surface area contributed by atoms with E-state index in [9.17, 15) is 0 Å². The molecule has 3 heteroatoms. The molecule has 0 atom stereocenters. The van der Waals surface area contributed by atoms with E-state index in [-0.39, 0.29) is 5.54 Å². The van der Waals surface area contributed by atoms with Crippen molar-refractivity contribution in [2.24, 2.45) is 0 Å². The molecule has 18 heavy (non-hydrogen) atoms. The third kappa shape index (κ3) is 6.22. The van der Waals surface area contributed by atoms with Gasteiger partial charge in [0.1, 0.15) is 12.4 Å². The maximum atomic E-state index is 5.63. The monoisotopic (exact) mass is 253 g/mol. The predicted molar refractivity (Wildman–Crippen MR) is 74.5 cm³/mol. The predicted octanol–water partition coefficient (Wildman–Crippen LogP) is 3.87. The molecule has 1 heterocycles. The van der Waals surface area contributed by atoms with E-state index >= 15 is 0 Å². The van der Waals surface area contributed by atoms with E-state index in [0.717, 1.165) is 25.3 Å². The molecular weight excluding hydrogens is 226 g/mol. The zero-order valence-corrected chi connectivity index (χ0v) is 12.2. The molecule has 104 valence electrons. The summed E-state index contributed by atoms with van der Waals surface area (Å²) < 4.78 is 11.1. The lowest BCUT2D eigenvalue weighted by Crippen LogP contribution is -2.35. The molecule has 1 rings (SSSR count). The molecule has 0 saturated heterocycles. The van der Waals surface area contributed by atoms with E-state index in [4.69, 9.17) is 9.15 Å². The first-order chi connectivity index (χ1) is 8.53. The van der Waals surface area contributed by atoms with Crippen molar-refractivity contribution in [3.05, 3.63) is 23.7 Å². The first-order valence-corrected chi connectivity index (χ1v) is 6.91. The van der Waals surface area contributed by atoms with Gasteiger partial charge in [0.25, 0.3) is 0 Å². The molecule has 0 aromatic carbocycles. The molecule has 0 spiro atoms. The maximum absolute atomic E-state index is 5.63. The van der Waals surface area contributed by atoms with Gasteiger partial charge in [-0.1, -0.05) is 19.8 Å². The van der Waals surface area contributed by atoms with Crippen molar-refractivity contribution in [1.29, 1.82) is 0 Å². The second-order valence-corrected chi connectivity index (χ2v) is 5.73. The Morgan fingerprint density at radius 1 is 1.28 bits per heavy atom. The van der Waals surface area contributed by atoms with Crippen LogP contribution < -0.4 is 5.32 Å². The molecule has 0 aliphatic carbocycles. The van der Waals surface area contributed by atoms with Crippen LogP contribution in [0, 0.1) is 0 Å². The molecule has 0 bridgehead atoms. The molecule has 0 unspecified atom stereocenters. The minimum atomic E-state index is 0.122. The number of unbranched alkanes of at least 4 members (excludes halogenated alkanes) is 2. The van der Waals surface area contributed by atoms with Gasteiger partial charge in [0.2, 0.25) is 0 Å². The number of furan rings is 1. The Hall–Kier alpha value is -0.800. The highest BCUT2D eigenvalue weighted by atomic mass is 16.5. The minimum Gasteiger partial charge on any atom is -0.467 e. The van der Waals surface area contributed by atoms with E-state index < -0.39 is 0 Å². The molecule has 3 nitrogen and oxygen atoms in total. The third-order valence-corrected chi connectivity index (χ3v) is 2.77. The molecule has 0 radical (unpaired) electrons. The second-order valence-electron chi connectivity index (χ2n) is 5.73. The minimum absolute atomic E-state index is 0.122. The SMILES string of the molecule is CCCCCOCc1occc1CNC(C)(C)C. The number of ether oxygens (including phenoxy) is 1. The summed E-state index contributed by atoms with van der Waals surface area (Å²) in [5.74, 6) is 0.947. The van der Waals surface area contributed by atoms with Gasteiger partial charge in [-0.15, -0.1) is 0 Å². The highest BCUT2D eigenvalue weighted by Crippen LogP contribution is 2.13. The van der Waals surface area contributed by atoms with Crippen molar-refractivity contribution < 1.29 is 9.15 Å². The number of nitrogens with one attached hydrogen (secondary N) is 1. The molecule has 1 N–H and O–H groups in total. The Morgan fingerprint density at radius 2 is 2.06 bits per heavy atom. The smallest absolute Gasteiger partial charge is 0.133 e. The second kappa shape index (κ2) is 7.59. The van der Waals surface area contributed by atoms with Gasteiger partial charge in [0, 0.05) is 24.3 Å². The third-order valence-electron chi connectivity index (χ3n) is 2.77. The Kier molecular flexibility index (Phi) is 6.44. The Labute approximate surface area is 111 Å². The van der Waals surface area contributed by atoms with E-state index in [1.165, 1.54) is 18.4 Å². The van der Waals surface area contributed by atoms with E-state index in [1.807, 2.05) is 6.07 Å². The van der Waals surface area contributed by atoms with E-state index in [2.05, 4.69) is 33.0 Å². The first-order valence-electron chi connectivity index (χ1n) is 6.91. The summed E-state index contributed by atoms with van der Waals surface area (Å²) in [6, 6.07) is 2.02. The molecule has 0 fully saturated rings. The van der Waals surface area contributed by atoms with Gasteiger partial charge in [0.15, 0.2) is 0 Å². The topological polar surface area (TPSA) is 34.4 Å². The van der Waals surface area contributed by atoms with Crippen LogP contribution >= 0.6 is 0 Å². The van der Waals surface area contributed by atoms with Crippen molar-refractivity contribution in [3.63, 3.8) is 0 Å². The van der Waals surface area contributed by atoms with Crippen LogP contribution in [0.3, 0.4) is 0 Å². The van der Waals surface area contributed by atoms with Gasteiger partial charge >= 0.3 is 0 Å². The molecule has 1 aromatic heterocycles. The number of rotatable bonds is 8. The molecular formula is C15H27NO2. The average molecular weight is 253 g/mol. The Morgan fingerprint density at radius 3 is 2.72 bits per heavy atom. The van der Waals surface area contributed by atoms with Crippen LogP contribution in [-0.2, 0) is 17.9 Å². The first kappa shape index (κ1) is 15.3. The van der Waals surface area contributed by atoms with Crippen molar-refractivity contribution >= 4 is 0 Å². The van der Waals surface area contributed by atoms with Gasteiger partial charge in [0.05, 0.1) is 6.26 Å². The van der Waals surface area contributed by atoms with Crippen LogP contribution in [0.2, 0.25) is 0 Å². The lowest BCUT2D eigenvalue weighted by atomic mass is 10.1. The molecule has 0 saturated carbocycles. The van der Waals surface area contributed by atoms with Gasteiger partial charge in [-0.3, -0.25) is 0 Å². The molecule has 0 amide bonds. The summed E-state index contributed by atoms with van der Waals surface area (Å²) in [5, 5.41) is 3.46. The van der Waals surface area contributed by atoms with Crippen LogP contribution in [0.4, 0.5) is 0 Å². The summed E-state index contributed by atoms with van der Waals surface area (Å²) in [4.78, 5) is 0. The summed E-state index contributed by atoms with van der Waals surface area (Å²) in [5.41, 5.74) is 1.32. The molecule has 0 aliphatic rings. The molecule has 1 aromatic rings. The van der Waals surface area contributed by atoms with Gasteiger partial charge in [-0.05, 0) is 33.3 Å². The zero-order chi connectivity index (χ0) is 13.4. The average Bonchev–Trinajstić information content (AvgIpc) is 2.73. The normalized spacial score (nSPS) is 12.0. The summed E-state index contributed by atoms with van der Waals surface area (Å²) >= 11 is 0. The quantitative estimate of drug-likeness (QED) is 0.714. The summed E-state index contributed by atoms with van der Waals surface area (Å²) in [7, 11) is 0. The summed E-state index contributed by atoms with van der Waals surface area (Å²) in [6.07, 6.45) is 5.33. The van der Waals surface area contributed by atoms with Crippen LogP contribution in [0.1, 0.15) is 58.3 Å². The number of hydrogen-bond acceptors (Lipinski definition) is 3. The van der Waals surface area contributed by atoms with Gasteiger partial charge < -0.3 is 14.5 Å². The van der Waals surface area contributed by atoms with Crippen molar-refractivity contribution in [3.8, 4) is 0 Å². The zero-order valence-electron chi connectivity index (χ0n) is 12.2. The Balaban J connectivity index is 2.31. The van der Waals surface area contributed by atoms with Crippen LogP contribution in [0.15, 0.2) is 16.7 Å². The van der Waals surface area contributed by atoms with Crippen molar-refractivity contribution in [1.82, 2.24) is 5.32 Å². The van der Waals surface area contributed by atoms with E-state index in [0.29, 0.717) is 6.61 Å². The lowest BCUT2D eigenvalue weighted by Gasteiger charge is -2.20. The fourth-order valence-electron chi connectivity index (χ4n) is 1.63.